The second-order valence-electron chi connectivity index (χ2n) is 4.14. The molecule has 2 aliphatic rings. The topological polar surface area (TPSA) is 43.8 Å². The maximum atomic E-state index is 10.9. The molecule has 2 heterocycles. The molecule has 0 aromatic carbocycles. The smallest absolute Gasteiger partial charge is 0.407 e. The third-order valence-electron chi connectivity index (χ3n) is 3.31. The Hall–Kier alpha value is -0.770. The van der Waals surface area contributed by atoms with Crippen LogP contribution in [0, 0.1) is 5.92 Å². The molecule has 0 spiro atoms. The van der Waals surface area contributed by atoms with Crippen LogP contribution >= 0.6 is 0 Å². The van der Waals surface area contributed by atoms with Crippen molar-refractivity contribution in [3.05, 3.63) is 0 Å². The van der Waals surface area contributed by atoms with Crippen LogP contribution in [-0.4, -0.2) is 53.7 Å². The van der Waals surface area contributed by atoms with Gasteiger partial charge in [0.05, 0.1) is 6.04 Å². The molecule has 0 aliphatic carbocycles. The number of hydrogen-bond acceptors (Lipinski definition) is 2. The Morgan fingerprint density at radius 2 is 2.08 bits per heavy atom. The summed E-state index contributed by atoms with van der Waals surface area (Å²) in [6.07, 6.45) is 1.47. The Balaban J connectivity index is 2.06. The van der Waals surface area contributed by atoms with Crippen LogP contribution < -0.4 is 0 Å². The monoisotopic (exact) mass is 184 g/mol. The van der Waals surface area contributed by atoms with Crippen LogP contribution in [0.3, 0.4) is 0 Å². The first kappa shape index (κ1) is 8.81. The van der Waals surface area contributed by atoms with Crippen LogP contribution in [0.5, 0.6) is 0 Å². The van der Waals surface area contributed by atoms with Crippen molar-refractivity contribution >= 4 is 6.09 Å². The summed E-state index contributed by atoms with van der Waals surface area (Å²) in [6.45, 7) is 2.77. The first-order chi connectivity index (χ1) is 6.18. The van der Waals surface area contributed by atoms with Crippen molar-refractivity contribution in [2.24, 2.45) is 5.92 Å². The molecule has 1 amide bonds. The van der Waals surface area contributed by atoms with Crippen LogP contribution in [0.4, 0.5) is 4.79 Å². The average Bonchev–Trinajstić information content (AvgIpc) is 2.46. The van der Waals surface area contributed by atoms with Gasteiger partial charge in [0.2, 0.25) is 0 Å². The summed E-state index contributed by atoms with van der Waals surface area (Å²) >= 11 is 0. The van der Waals surface area contributed by atoms with Crippen molar-refractivity contribution in [2.75, 3.05) is 26.7 Å². The van der Waals surface area contributed by atoms with Gasteiger partial charge in [0.25, 0.3) is 0 Å². The van der Waals surface area contributed by atoms with Gasteiger partial charge in [-0.1, -0.05) is 0 Å². The van der Waals surface area contributed by atoms with Gasteiger partial charge in [-0.2, -0.15) is 0 Å². The maximum absolute atomic E-state index is 10.9. The van der Waals surface area contributed by atoms with E-state index in [2.05, 4.69) is 11.9 Å². The molecule has 0 aromatic heterocycles. The van der Waals surface area contributed by atoms with Crippen molar-refractivity contribution in [2.45, 2.75) is 18.9 Å². The van der Waals surface area contributed by atoms with Gasteiger partial charge in [-0.05, 0) is 32.4 Å². The number of carboxylic acid groups (broad SMARTS) is 1. The number of likely N-dealkylation sites (tertiary alicyclic amines) is 2. The molecule has 0 radical (unpaired) electrons. The quantitative estimate of drug-likeness (QED) is 0.602. The molecule has 0 aromatic rings. The van der Waals surface area contributed by atoms with Gasteiger partial charge >= 0.3 is 6.09 Å². The lowest BCUT2D eigenvalue weighted by Crippen LogP contribution is -2.48. The molecule has 2 saturated heterocycles. The number of likely N-dealkylation sites (N-methyl/N-ethyl adjacent to an activating group) is 1. The van der Waals surface area contributed by atoms with Crippen LogP contribution in [-0.2, 0) is 0 Å². The summed E-state index contributed by atoms with van der Waals surface area (Å²) < 4.78 is 0. The Labute approximate surface area is 78.1 Å². The fraction of sp³-hybridized carbons (Fsp3) is 0.889. The number of nitrogens with zero attached hydrogens (tertiary/aromatic N) is 2. The van der Waals surface area contributed by atoms with E-state index in [1.54, 1.807) is 4.90 Å². The molecule has 0 unspecified atom stereocenters. The number of hydrogen-bond donors (Lipinski definition) is 1. The van der Waals surface area contributed by atoms with E-state index < -0.39 is 6.09 Å². The van der Waals surface area contributed by atoms with E-state index in [0.717, 1.165) is 32.5 Å². The molecule has 1 N–H and O–H groups in total. The number of fused-ring (bicyclic) bond motifs is 1. The van der Waals surface area contributed by atoms with Crippen molar-refractivity contribution in [3.63, 3.8) is 0 Å². The zero-order valence-corrected chi connectivity index (χ0v) is 7.94. The summed E-state index contributed by atoms with van der Waals surface area (Å²) in [5.41, 5.74) is 0. The third-order valence-corrected chi connectivity index (χ3v) is 3.31. The number of rotatable bonds is 0. The van der Waals surface area contributed by atoms with E-state index in [-0.39, 0.29) is 6.04 Å². The minimum absolute atomic E-state index is 0.260. The number of carbonyl (C=O) groups is 1. The zero-order valence-electron chi connectivity index (χ0n) is 7.94. The Morgan fingerprint density at radius 3 is 2.77 bits per heavy atom. The van der Waals surface area contributed by atoms with Gasteiger partial charge in [0, 0.05) is 13.1 Å². The molecular weight excluding hydrogens is 168 g/mol. The number of piperidine rings is 1. The van der Waals surface area contributed by atoms with Crippen molar-refractivity contribution in [1.29, 1.82) is 0 Å². The van der Waals surface area contributed by atoms with Crippen LogP contribution in [0.1, 0.15) is 12.8 Å². The van der Waals surface area contributed by atoms with E-state index in [9.17, 15) is 4.79 Å². The predicted octanol–water partition coefficient (Wildman–Crippen LogP) is 0.690. The van der Waals surface area contributed by atoms with E-state index in [1.807, 2.05) is 0 Å². The van der Waals surface area contributed by atoms with E-state index >= 15 is 0 Å². The highest BCUT2D eigenvalue weighted by molar-refractivity contribution is 5.66. The van der Waals surface area contributed by atoms with Gasteiger partial charge < -0.3 is 14.9 Å². The molecule has 4 heteroatoms. The molecule has 2 fully saturated rings. The summed E-state index contributed by atoms with van der Waals surface area (Å²) in [4.78, 5) is 14.7. The second kappa shape index (κ2) is 3.18. The normalized spacial score (nSPS) is 34.7. The van der Waals surface area contributed by atoms with E-state index in [0.29, 0.717) is 5.92 Å². The van der Waals surface area contributed by atoms with Crippen molar-refractivity contribution in [3.8, 4) is 0 Å². The lowest BCUT2D eigenvalue weighted by Gasteiger charge is -2.35. The molecule has 4 nitrogen and oxygen atoms in total. The predicted molar refractivity (Wildman–Crippen MR) is 48.7 cm³/mol. The molecule has 74 valence electrons. The van der Waals surface area contributed by atoms with Gasteiger partial charge in [-0.3, -0.25) is 0 Å². The summed E-state index contributed by atoms with van der Waals surface area (Å²) in [6, 6.07) is 0.260. The largest absolute Gasteiger partial charge is 0.465 e. The fourth-order valence-electron chi connectivity index (χ4n) is 2.54. The Kier molecular flexibility index (Phi) is 2.15. The Bertz CT molecular complexity index is 220. The van der Waals surface area contributed by atoms with Crippen molar-refractivity contribution in [1.82, 2.24) is 9.80 Å². The molecule has 13 heavy (non-hydrogen) atoms. The third kappa shape index (κ3) is 1.50. The van der Waals surface area contributed by atoms with E-state index in [1.165, 1.54) is 0 Å². The molecule has 0 bridgehead atoms. The first-order valence-electron chi connectivity index (χ1n) is 4.86. The van der Waals surface area contributed by atoms with Crippen LogP contribution in [0.2, 0.25) is 0 Å². The summed E-state index contributed by atoms with van der Waals surface area (Å²) in [7, 11) is 2.06. The summed E-state index contributed by atoms with van der Waals surface area (Å²) in [5, 5.41) is 8.95. The standard InChI is InChI=1S/C9H16N2O2/c1-10-4-2-7-3-5-11(9(12)13)8(7)6-10/h7-8H,2-6H2,1H3,(H,12,13)/t7-,8-/m0/s1. The van der Waals surface area contributed by atoms with Gasteiger partial charge in [-0.15, -0.1) is 0 Å². The fourth-order valence-corrected chi connectivity index (χ4v) is 2.54. The highest BCUT2D eigenvalue weighted by atomic mass is 16.4. The highest BCUT2D eigenvalue weighted by Gasteiger charge is 2.39. The molecule has 0 saturated carbocycles. The average molecular weight is 184 g/mol. The van der Waals surface area contributed by atoms with Gasteiger partial charge in [0.1, 0.15) is 0 Å². The van der Waals surface area contributed by atoms with Gasteiger partial charge in [0.15, 0.2) is 0 Å². The number of amides is 1. The van der Waals surface area contributed by atoms with E-state index in [4.69, 9.17) is 5.11 Å². The SMILES string of the molecule is CN1CC[C@H]2CCN(C(=O)O)[C@H]2C1. The molecule has 2 aliphatic heterocycles. The lowest BCUT2D eigenvalue weighted by molar-refractivity contribution is 0.102. The molecule has 2 rings (SSSR count). The van der Waals surface area contributed by atoms with Crippen LogP contribution in [0.15, 0.2) is 0 Å². The second-order valence-corrected chi connectivity index (χ2v) is 4.14. The van der Waals surface area contributed by atoms with Crippen molar-refractivity contribution < 1.29 is 9.90 Å². The maximum Gasteiger partial charge on any atom is 0.407 e. The molecular formula is C9H16N2O2. The van der Waals surface area contributed by atoms with Crippen LogP contribution in [0.25, 0.3) is 0 Å². The molecule has 2 atom stereocenters. The highest BCUT2D eigenvalue weighted by Crippen LogP contribution is 2.30. The minimum Gasteiger partial charge on any atom is -0.465 e. The lowest BCUT2D eigenvalue weighted by atomic mass is 9.93. The zero-order chi connectivity index (χ0) is 9.42. The summed E-state index contributed by atoms with van der Waals surface area (Å²) in [5.74, 6) is 0.618. The van der Waals surface area contributed by atoms with Gasteiger partial charge in [-0.25, -0.2) is 4.79 Å². The Morgan fingerprint density at radius 1 is 1.38 bits per heavy atom. The minimum atomic E-state index is -0.747. The first-order valence-corrected chi connectivity index (χ1v) is 4.86.